The highest BCUT2D eigenvalue weighted by Gasteiger charge is 2.42. The molecule has 3 nitrogen and oxygen atoms in total. The molecule has 0 N–H and O–H groups in total. The van der Waals surface area contributed by atoms with Gasteiger partial charge in [-0.05, 0) is 17.7 Å². The lowest BCUT2D eigenvalue weighted by molar-refractivity contribution is -0.145. The lowest BCUT2D eigenvalue weighted by Crippen LogP contribution is -2.27. The molecule has 1 aromatic carbocycles. The zero-order chi connectivity index (χ0) is 14.0. The third-order valence-electron chi connectivity index (χ3n) is 2.38. The topological polar surface area (TPSA) is 43.4 Å². The van der Waals surface area contributed by atoms with Crippen molar-refractivity contribution in [2.24, 2.45) is 0 Å². The predicted octanol–water partition coefficient (Wildman–Crippen LogP) is 2.39. The fourth-order valence-electron chi connectivity index (χ4n) is 1.52. The van der Waals surface area contributed by atoms with E-state index in [0.717, 1.165) is 6.26 Å². The molecule has 0 saturated carbocycles. The summed E-state index contributed by atoms with van der Waals surface area (Å²) in [7, 11) is -2.33. The van der Waals surface area contributed by atoms with Crippen LogP contribution in [-0.4, -0.2) is 33.7 Å². The van der Waals surface area contributed by atoms with Crippen molar-refractivity contribution < 1.29 is 26.3 Å². The minimum Gasteiger partial charge on any atom is -0.497 e. The average molecular weight is 282 g/mol. The quantitative estimate of drug-likeness (QED) is 0.851. The summed E-state index contributed by atoms with van der Waals surface area (Å²) in [5.74, 6) is -2.56. The molecule has 0 unspecified atom stereocenters. The van der Waals surface area contributed by atoms with Crippen LogP contribution >= 0.6 is 0 Å². The van der Waals surface area contributed by atoms with Crippen LogP contribution in [0.4, 0.5) is 13.2 Å². The molecular formula is C11H13F3O3S. The third-order valence-corrected chi connectivity index (χ3v) is 3.32. The van der Waals surface area contributed by atoms with Crippen LogP contribution in [0, 0.1) is 0 Å². The number of hydrogen-bond donors (Lipinski definition) is 0. The molecule has 0 aliphatic heterocycles. The summed E-state index contributed by atoms with van der Waals surface area (Å²) in [6.45, 7) is 0. The Morgan fingerprint density at radius 1 is 1.22 bits per heavy atom. The zero-order valence-corrected chi connectivity index (χ0v) is 10.7. The van der Waals surface area contributed by atoms with Crippen molar-refractivity contribution >= 4 is 9.84 Å². The minimum absolute atomic E-state index is 0.0891. The van der Waals surface area contributed by atoms with Gasteiger partial charge in [0.15, 0.2) is 0 Å². The Kier molecular flexibility index (Phi) is 4.26. The van der Waals surface area contributed by atoms with Crippen LogP contribution in [0.15, 0.2) is 24.3 Å². The Morgan fingerprint density at radius 3 is 2.06 bits per heavy atom. The van der Waals surface area contributed by atoms with Crippen LogP contribution in [0.3, 0.4) is 0 Å². The second-order valence-electron chi connectivity index (χ2n) is 3.96. The Hall–Kier alpha value is -1.24. The van der Waals surface area contributed by atoms with E-state index in [0.29, 0.717) is 5.75 Å². The number of halogens is 3. The number of benzene rings is 1. The average Bonchev–Trinajstić information content (AvgIpc) is 2.24. The summed E-state index contributed by atoms with van der Waals surface area (Å²) < 4.78 is 65.4. The maximum atomic E-state index is 12.8. The van der Waals surface area contributed by atoms with Gasteiger partial charge in [-0.15, -0.1) is 0 Å². The molecule has 0 heterocycles. The summed E-state index contributed by atoms with van der Waals surface area (Å²) in [5, 5.41) is 0. The highest BCUT2D eigenvalue weighted by Crippen LogP contribution is 2.36. The van der Waals surface area contributed by atoms with Gasteiger partial charge < -0.3 is 4.74 Å². The molecule has 1 rings (SSSR count). The maximum absolute atomic E-state index is 12.8. The molecule has 0 saturated heterocycles. The summed E-state index contributed by atoms with van der Waals surface area (Å²) in [5.41, 5.74) is -0.0891. The third kappa shape index (κ3) is 4.21. The van der Waals surface area contributed by atoms with E-state index in [1.54, 1.807) is 0 Å². The van der Waals surface area contributed by atoms with E-state index < -0.39 is 27.7 Å². The normalized spacial score (nSPS) is 14.3. The largest absolute Gasteiger partial charge is 0.497 e. The first-order valence-electron chi connectivity index (χ1n) is 5.02. The molecule has 0 aromatic heterocycles. The van der Waals surface area contributed by atoms with Gasteiger partial charge in [-0.25, -0.2) is 8.42 Å². The number of rotatable bonds is 4. The molecule has 0 radical (unpaired) electrons. The summed E-state index contributed by atoms with van der Waals surface area (Å²) >= 11 is 0. The van der Waals surface area contributed by atoms with Crippen molar-refractivity contribution in [3.05, 3.63) is 29.8 Å². The van der Waals surface area contributed by atoms with E-state index in [1.165, 1.54) is 31.4 Å². The monoisotopic (exact) mass is 282 g/mol. The van der Waals surface area contributed by atoms with Gasteiger partial charge >= 0.3 is 6.18 Å². The lowest BCUT2D eigenvalue weighted by Gasteiger charge is -2.20. The first-order valence-corrected chi connectivity index (χ1v) is 7.08. The highest BCUT2D eigenvalue weighted by atomic mass is 32.2. The van der Waals surface area contributed by atoms with Crippen LogP contribution in [-0.2, 0) is 9.84 Å². The number of ether oxygens (including phenoxy) is 1. The Bertz CT molecular complexity index is 491. The molecular weight excluding hydrogens is 269 g/mol. The van der Waals surface area contributed by atoms with Crippen LogP contribution in [0.1, 0.15) is 11.5 Å². The smallest absolute Gasteiger partial charge is 0.396 e. The van der Waals surface area contributed by atoms with Crippen molar-refractivity contribution in [1.29, 1.82) is 0 Å². The number of alkyl halides is 3. The van der Waals surface area contributed by atoms with Gasteiger partial charge in [-0.1, -0.05) is 12.1 Å². The van der Waals surface area contributed by atoms with Gasteiger partial charge in [-0.3, -0.25) is 0 Å². The molecule has 102 valence electrons. The van der Waals surface area contributed by atoms with Gasteiger partial charge in [0.1, 0.15) is 15.6 Å². The molecule has 7 heteroatoms. The molecule has 1 aromatic rings. The Labute approximate surface area is 103 Å². The molecule has 0 aliphatic rings. The standard InChI is InChI=1S/C11H13F3O3S/c1-17-9-5-3-8(4-6-9)10(11(12,13)14)7-18(2,15)16/h3-6,10H,7H2,1-2H3/t10-/m0/s1. The van der Waals surface area contributed by atoms with E-state index in [1.807, 2.05) is 0 Å². The molecule has 0 aliphatic carbocycles. The van der Waals surface area contributed by atoms with Gasteiger partial charge in [-0.2, -0.15) is 13.2 Å². The second kappa shape index (κ2) is 5.17. The number of methoxy groups -OCH3 is 1. The van der Waals surface area contributed by atoms with Gasteiger partial charge in [0.05, 0.1) is 18.8 Å². The SMILES string of the molecule is COc1ccc([C@H](CS(C)(=O)=O)C(F)(F)F)cc1. The number of sulfone groups is 1. The van der Waals surface area contributed by atoms with E-state index >= 15 is 0 Å². The van der Waals surface area contributed by atoms with Crippen molar-refractivity contribution in [3.63, 3.8) is 0 Å². The van der Waals surface area contributed by atoms with Gasteiger partial charge in [0.25, 0.3) is 0 Å². The highest BCUT2D eigenvalue weighted by molar-refractivity contribution is 7.90. The van der Waals surface area contributed by atoms with E-state index in [4.69, 9.17) is 4.74 Å². The first-order chi connectivity index (χ1) is 8.13. The fourth-order valence-corrected chi connectivity index (χ4v) is 2.51. The molecule has 0 spiro atoms. The Balaban J connectivity index is 3.10. The van der Waals surface area contributed by atoms with Crippen molar-refractivity contribution in [1.82, 2.24) is 0 Å². The zero-order valence-electron chi connectivity index (χ0n) is 9.86. The summed E-state index contributed by atoms with van der Waals surface area (Å²) in [4.78, 5) is 0. The minimum atomic E-state index is -4.60. The molecule has 0 fully saturated rings. The lowest BCUT2D eigenvalue weighted by atomic mass is 10.0. The first kappa shape index (κ1) is 14.8. The van der Waals surface area contributed by atoms with Crippen LogP contribution < -0.4 is 4.74 Å². The van der Waals surface area contributed by atoms with E-state index in [2.05, 4.69) is 0 Å². The second-order valence-corrected chi connectivity index (χ2v) is 6.14. The molecule has 1 atom stereocenters. The van der Waals surface area contributed by atoms with Gasteiger partial charge in [0.2, 0.25) is 0 Å². The van der Waals surface area contributed by atoms with Crippen LogP contribution in [0.2, 0.25) is 0 Å². The molecule has 0 amide bonds. The summed E-state index contributed by atoms with van der Waals surface area (Å²) in [6, 6.07) is 5.19. The van der Waals surface area contributed by atoms with E-state index in [9.17, 15) is 21.6 Å². The summed E-state index contributed by atoms with van der Waals surface area (Å²) in [6.07, 6.45) is -3.81. The Morgan fingerprint density at radius 2 is 1.72 bits per heavy atom. The number of hydrogen-bond acceptors (Lipinski definition) is 3. The van der Waals surface area contributed by atoms with Crippen molar-refractivity contribution in [2.75, 3.05) is 19.1 Å². The van der Waals surface area contributed by atoms with Crippen LogP contribution in [0.25, 0.3) is 0 Å². The van der Waals surface area contributed by atoms with Crippen LogP contribution in [0.5, 0.6) is 5.75 Å². The van der Waals surface area contributed by atoms with Crippen molar-refractivity contribution in [3.8, 4) is 5.75 Å². The van der Waals surface area contributed by atoms with Crippen molar-refractivity contribution in [2.45, 2.75) is 12.1 Å². The fraction of sp³-hybridized carbons (Fsp3) is 0.455. The van der Waals surface area contributed by atoms with Gasteiger partial charge in [0, 0.05) is 6.26 Å². The predicted molar refractivity (Wildman–Crippen MR) is 61.5 cm³/mol. The van der Waals surface area contributed by atoms with E-state index in [-0.39, 0.29) is 5.56 Å². The maximum Gasteiger partial charge on any atom is 0.396 e. The molecule has 18 heavy (non-hydrogen) atoms. The molecule has 0 bridgehead atoms.